The van der Waals surface area contributed by atoms with E-state index in [4.69, 9.17) is 0 Å². The Kier molecular flexibility index (Phi) is 8.26. The highest BCUT2D eigenvalue weighted by atomic mass is 127. The van der Waals surface area contributed by atoms with Crippen molar-refractivity contribution in [2.24, 2.45) is 0 Å². The van der Waals surface area contributed by atoms with Gasteiger partial charge in [-0.05, 0) is 12.5 Å². The number of rotatable bonds is 9. The van der Waals surface area contributed by atoms with Crippen LogP contribution < -0.4 is 0 Å². The number of phenolic OH excluding ortho intramolecular Hbond substituents is 2. The molecule has 1 aromatic carbocycles. The molecular weight excluding hydrogens is 351 g/mol. The minimum absolute atomic E-state index is 0.0151. The van der Waals surface area contributed by atoms with Gasteiger partial charge in [-0.15, -0.1) is 0 Å². The van der Waals surface area contributed by atoms with Crippen molar-refractivity contribution in [3.05, 3.63) is 23.8 Å². The molecule has 0 spiro atoms. The third kappa shape index (κ3) is 6.02. The SMILES string of the molecule is CCCCCCCCCC(I)c1cccc(O)c1O. The molecule has 2 nitrogen and oxygen atoms in total. The number of hydrogen-bond acceptors (Lipinski definition) is 2. The van der Waals surface area contributed by atoms with Crippen molar-refractivity contribution in [1.82, 2.24) is 0 Å². The summed E-state index contributed by atoms with van der Waals surface area (Å²) < 4.78 is 0.278. The van der Waals surface area contributed by atoms with E-state index >= 15 is 0 Å². The highest BCUT2D eigenvalue weighted by Gasteiger charge is 2.13. The van der Waals surface area contributed by atoms with E-state index in [1.807, 2.05) is 6.07 Å². The fourth-order valence-electron chi connectivity index (χ4n) is 2.24. The van der Waals surface area contributed by atoms with Crippen molar-refractivity contribution >= 4 is 22.6 Å². The van der Waals surface area contributed by atoms with Gasteiger partial charge in [0.25, 0.3) is 0 Å². The first kappa shape index (κ1) is 16.6. The first-order valence-corrected chi connectivity index (χ1v) is 8.56. The van der Waals surface area contributed by atoms with Crippen molar-refractivity contribution < 1.29 is 10.2 Å². The zero-order valence-corrected chi connectivity index (χ0v) is 13.9. The number of unbranched alkanes of at least 4 members (excludes halogenated alkanes) is 6. The molecule has 19 heavy (non-hydrogen) atoms. The van der Waals surface area contributed by atoms with E-state index in [1.165, 1.54) is 51.0 Å². The van der Waals surface area contributed by atoms with Crippen LogP contribution in [-0.4, -0.2) is 10.2 Å². The molecule has 1 rings (SSSR count). The molecule has 0 aliphatic carbocycles. The average Bonchev–Trinajstić information content (AvgIpc) is 2.40. The van der Waals surface area contributed by atoms with E-state index in [0.717, 1.165) is 12.0 Å². The summed E-state index contributed by atoms with van der Waals surface area (Å²) in [5, 5.41) is 19.3. The van der Waals surface area contributed by atoms with Crippen molar-refractivity contribution in [1.29, 1.82) is 0 Å². The third-order valence-corrected chi connectivity index (χ3v) is 4.74. The Morgan fingerprint density at radius 1 is 1.00 bits per heavy atom. The Balaban J connectivity index is 2.24. The summed E-state index contributed by atoms with van der Waals surface area (Å²) in [6.07, 6.45) is 10.2. The average molecular weight is 376 g/mol. The summed E-state index contributed by atoms with van der Waals surface area (Å²) in [6.45, 7) is 2.24. The van der Waals surface area contributed by atoms with E-state index in [9.17, 15) is 10.2 Å². The van der Waals surface area contributed by atoms with Crippen LogP contribution >= 0.6 is 22.6 Å². The lowest BCUT2D eigenvalue weighted by atomic mass is 10.0. The van der Waals surface area contributed by atoms with Crippen LogP contribution in [0.2, 0.25) is 0 Å². The van der Waals surface area contributed by atoms with Gasteiger partial charge in [0.05, 0.1) is 0 Å². The molecule has 0 aliphatic heterocycles. The van der Waals surface area contributed by atoms with Crippen LogP contribution in [0, 0.1) is 0 Å². The van der Waals surface area contributed by atoms with Gasteiger partial charge < -0.3 is 10.2 Å². The molecule has 0 fully saturated rings. The molecule has 1 aromatic rings. The van der Waals surface area contributed by atoms with Gasteiger partial charge in [-0.25, -0.2) is 0 Å². The lowest BCUT2D eigenvalue weighted by molar-refractivity contribution is 0.398. The molecule has 0 aliphatic rings. The molecule has 0 saturated carbocycles. The minimum atomic E-state index is -0.0151. The maximum Gasteiger partial charge on any atom is 0.161 e. The van der Waals surface area contributed by atoms with Gasteiger partial charge in [-0.3, -0.25) is 0 Å². The topological polar surface area (TPSA) is 40.5 Å². The predicted octanol–water partition coefficient (Wildman–Crippen LogP) is 5.71. The maximum absolute atomic E-state index is 9.81. The summed E-state index contributed by atoms with van der Waals surface area (Å²) in [6, 6.07) is 5.21. The number of alkyl halides is 1. The quantitative estimate of drug-likeness (QED) is 0.251. The van der Waals surface area contributed by atoms with Gasteiger partial charge in [0.1, 0.15) is 0 Å². The van der Waals surface area contributed by atoms with Crippen molar-refractivity contribution in [2.75, 3.05) is 0 Å². The Bertz CT molecular complexity index is 366. The van der Waals surface area contributed by atoms with Gasteiger partial charge >= 0.3 is 0 Å². The van der Waals surface area contributed by atoms with E-state index < -0.39 is 0 Å². The van der Waals surface area contributed by atoms with E-state index in [1.54, 1.807) is 6.07 Å². The van der Waals surface area contributed by atoms with Crippen LogP contribution in [0.3, 0.4) is 0 Å². The molecule has 0 saturated heterocycles. The fourth-order valence-corrected chi connectivity index (χ4v) is 3.18. The van der Waals surface area contributed by atoms with Crippen LogP contribution in [0.4, 0.5) is 0 Å². The lowest BCUT2D eigenvalue weighted by Gasteiger charge is -2.12. The number of phenols is 2. The van der Waals surface area contributed by atoms with Gasteiger partial charge in [-0.2, -0.15) is 0 Å². The molecule has 108 valence electrons. The first-order valence-electron chi connectivity index (χ1n) is 7.31. The standard InChI is InChI=1S/C16H25IO2/c1-2-3-4-5-6-7-8-11-14(17)13-10-9-12-15(18)16(13)19/h9-10,12,14,18-19H,2-8,11H2,1H3. The molecule has 3 heteroatoms. The second kappa shape index (κ2) is 9.45. The van der Waals surface area contributed by atoms with Crippen LogP contribution in [0.5, 0.6) is 11.5 Å². The molecule has 1 atom stereocenters. The van der Waals surface area contributed by atoms with Crippen LogP contribution in [0.25, 0.3) is 0 Å². The zero-order valence-electron chi connectivity index (χ0n) is 11.7. The number of para-hydroxylation sites is 1. The Hall–Kier alpha value is -0.450. The van der Waals surface area contributed by atoms with Crippen LogP contribution in [0.1, 0.15) is 67.8 Å². The number of halogens is 1. The first-order chi connectivity index (χ1) is 9.16. The highest BCUT2D eigenvalue weighted by Crippen LogP contribution is 2.39. The van der Waals surface area contributed by atoms with Crippen LogP contribution in [-0.2, 0) is 0 Å². The molecule has 0 aromatic heterocycles. The Labute approximate surface area is 130 Å². The van der Waals surface area contributed by atoms with Gasteiger partial charge in [-0.1, -0.05) is 86.6 Å². The highest BCUT2D eigenvalue weighted by molar-refractivity contribution is 14.1. The fraction of sp³-hybridized carbons (Fsp3) is 0.625. The Morgan fingerprint density at radius 3 is 2.32 bits per heavy atom. The predicted molar refractivity (Wildman–Crippen MR) is 89.1 cm³/mol. The smallest absolute Gasteiger partial charge is 0.161 e. The summed E-state index contributed by atoms with van der Waals surface area (Å²) >= 11 is 2.35. The maximum atomic E-state index is 9.81. The minimum Gasteiger partial charge on any atom is -0.504 e. The number of aromatic hydroxyl groups is 2. The molecule has 1 unspecified atom stereocenters. The van der Waals surface area contributed by atoms with Gasteiger partial charge in [0, 0.05) is 9.49 Å². The Morgan fingerprint density at radius 2 is 1.63 bits per heavy atom. The number of benzene rings is 1. The number of hydrogen-bond donors (Lipinski definition) is 2. The normalized spacial score (nSPS) is 12.5. The second-order valence-corrected chi connectivity index (χ2v) is 6.60. The summed E-state index contributed by atoms with van der Waals surface area (Å²) in [7, 11) is 0. The monoisotopic (exact) mass is 376 g/mol. The molecule has 2 N–H and O–H groups in total. The molecular formula is C16H25IO2. The second-order valence-electron chi connectivity index (χ2n) is 5.09. The lowest BCUT2D eigenvalue weighted by Crippen LogP contribution is -1.91. The summed E-state index contributed by atoms with van der Waals surface area (Å²) in [5.74, 6) is 0.0311. The van der Waals surface area contributed by atoms with E-state index in [2.05, 4.69) is 29.5 Å². The molecule has 0 heterocycles. The van der Waals surface area contributed by atoms with E-state index in [0.29, 0.717) is 0 Å². The van der Waals surface area contributed by atoms with Crippen LogP contribution in [0.15, 0.2) is 18.2 Å². The largest absolute Gasteiger partial charge is 0.504 e. The zero-order chi connectivity index (χ0) is 14.1. The molecule has 0 bridgehead atoms. The van der Waals surface area contributed by atoms with Gasteiger partial charge in [0.15, 0.2) is 11.5 Å². The summed E-state index contributed by atoms with van der Waals surface area (Å²) in [5.41, 5.74) is 0.853. The third-order valence-electron chi connectivity index (χ3n) is 3.44. The summed E-state index contributed by atoms with van der Waals surface area (Å²) in [4.78, 5) is 0. The van der Waals surface area contributed by atoms with E-state index in [-0.39, 0.29) is 15.4 Å². The van der Waals surface area contributed by atoms with Gasteiger partial charge in [0.2, 0.25) is 0 Å². The van der Waals surface area contributed by atoms with Crippen molar-refractivity contribution in [3.8, 4) is 11.5 Å². The van der Waals surface area contributed by atoms with Crippen molar-refractivity contribution in [2.45, 2.75) is 62.2 Å². The molecule has 0 radical (unpaired) electrons. The molecule has 0 amide bonds. The van der Waals surface area contributed by atoms with Crippen molar-refractivity contribution in [3.63, 3.8) is 0 Å².